The average molecular weight is 183 g/mol. The van der Waals surface area contributed by atoms with Crippen LogP contribution < -0.4 is 0 Å². The standard InChI is InChI=1S/C10H17NO2/c1-2-10(3-4-10)7-11-6-8(12)5-9(11)13/h8,12H,2-7H2,1H3. The van der Waals surface area contributed by atoms with Gasteiger partial charge in [-0.15, -0.1) is 0 Å². The van der Waals surface area contributed by atoms with Crippen LogP contribution >= 0.6 is 0 Å². The number of amides is 1. The van der Waals surface area contributed by atoms with Crippen molar-refractivity contribution in [2.24, 2.45) is 5.41 Å². The van der Waals surface area contributed by atoms with E-state index in [4.69, 9.17) is 0 Å². The molecule has 1 aliphatic heterocycles. The zero-order valence-corrected chi connectivity index (χ0v) is 8.12. The monoisotopic (exact) mass is 183 g/mol. The molecule has 1 amide bonds. The number of nitrogens with zero attached hydrogens (tertiary/aromatic N) is 1. The summed E-state index contributed by atoms with van der Waals surface area (Å²) in [6.45, 7) is 3.62. The van der Waals surface area contributed by atoms with E-state index in [0.717, 1.165) is 13.0 Å². The number of rotatable bonds is 3. The molecule has 1 unspecified atom stereocenters. The topological polar surface area (TPSA) is 40.5 Å². The van der Waals surface area contributed by atoms with E-state index in [1.807, 2.05) is 4.90 Å². The van der Waals surface area contributed by atoms with E-state index < -0.39 is 6.10 Å². The van der Waals surface area contributed by atoms with Crippen molar-refractivity contribution in [1.29, 1.82) is 0 Å². The molecule has 0 spiro atoms. The van der Waals surface area contributed by atoms with Gasteiger partial charge in [-0.2, -0.15) is 0 Å². The Morgan fingerprint density at radius 2 is 2.31 bits per heavy atom. The number of aliphatic hydroxyl groups is 1. The molecule has 0 aromatic carbocycles. The molecule has 1 heterocycles. The Balaban J connectivity index is 1.91. The summed E-state index contributed by atoms with van der Waals surface area (Å²) in [6.07, 6.45) is 3.58. The number of hydrogen-bond acceptors (Lipinski definition) is 2. The molecule has 0 aromatic rings. The molecule has 2 aliphatic rings. The van der Waals surface area contributed by atoms with Gasteiger partial charge in [0.05, 0.1) is 12.5 Å². The second-order valence-corrected chi connectivity index (χ2v) is 4.49. The van der Waals surface area contributed by atoms with Crippen LogP contribution in [0.15, 0.2) is 0 Å². The van der Waals surface area contributed by atoms with Crippen molar-refractivity contribution in [1.82, 2.24) is 4.90 Å². The first kappa shape index (κ1) is 9.00. The van der Waals surface area contributed by atoms with Crippen molar-refractivity contribution in [2.45, 2.75) is 38.7 Å². The molecule has 0 radical (unpaired) electrons. The zero-order chi connectivity index (χ0) is 9.47. The summed E-state index contributed by atoms with van der Waals surface area (Å²) in [5, 5.41) is 9.30. The third-order valence-electron chi connectivity index (χ3n) is 3.43. The van der Waals surface area contributed by atoms with Gasteiger partial charge in [-0.05, 0) is 24.7 Å². The van der Waals surface area contributed by atoms with E-state index in [0.29, 0.717) is 18.4 Å². The minimum Gasteiger partial charge on any atom is -0.391 e. The van der Waals surface area contributed by atoms with Crippen LogP contribution in [0.4, 0.5) is 0 Å². The van der Waals surface area contributed by atoms with Gasteiger partial charge in [0.1, 0.15) is 0 Å². The molecule has 1 N–H and O–H groups in total. The number of aliphatic hydroxyl groups excluding tert-OH is 1. The van der Waals surface area contributed by atoms with E-state index in [9.17, 15) is 9.90 Å². The fraction of sp³-hybridized carbons (Fsp3) is 0.900. The summed E-state index contributed by atoms with van der Waals surface area (Å²) < 4.78 is 0. The zero-order valence-electron chi connectivity index (χ0n) is 8.12. The lowest BCUT2D eigenvalue weighted by Crippen LogP contribution is -2.32. The largest absolute Gasteiger partial charge is 0.391 e. The molecule has 2 fully saturated rings. The smallest absolute Gasteiger partial charge is 0.225 e. The van der Waals surface area contributed by atoms with Crippen molar-refractivity contribution in [3.63, 3.8) is 0 Å². The van der Waals surface area contributed by atoms with Gasteiger partial charge < -0.3 is 10.0 Å². The Hall–Kier alpha value is -0.570. The molecule has 1 aliphatic carbocycles. The van der Waals surface area contributed by atoms with Gasteiger partial charge in [-0.1, -0.05) is 6.92 Å². The maximum absolute atomic E-state index is 11.4. The van der Waals surface area contributed by atoms with Crippen LogP contribution in [0.5, 0.6) is 0 Å². The third kappa shape index (κ3) is 1.70. The highest BCUT2D eigenvalue weighted by Gasteiger charge is 2.44. The van der Waals surface area contributed by atoms with Gasteiger partial charge in [0.15, 0.2) is 0 Å². The van der Waals surface area contributed by atoms with Crippen molar-refractivity contribution in [3.8, 4) is 0 Å². The molecule has 0 bridgehead atoms. The number of hydrogen-bond donors (Lipinski definition) is 1. The second-order valence-electron chi connectivity index (χ2n) is 4.49. The molecular weight excluding hydrogens is 166 g/mol. The second kappa shape index (κ2) is 2.98. The third-order valence-corrected chi connectivity index (χ3v) is 3.43. The summed E-state index contributed by atoms with van der Waals surface area (Å²) in [5.74, 6) is 0.132. The maximum Gasteiger partial charge on any atom is 0.225 e. The first-order valence-corrected chi connectivity index (χ1v) is 5.11. The lowest BCUT2D eigenvalue weighted by molar-refractivity contribution is -0.128. The lowest BCUT2D eigenvalue weighted by Gasteiger charge is -2.22. The summed E-state index contributed by atoms with van der Waals surface area (Å²) in [7, 11) is 0. The van der Waals surface area contributed by atoms with Crippen LogP contribution in [-0.4, -0.2) is 35.1 Å². The van der Waals surface area contributed by atoms with E-state index in [1.165, 1.54) is 12.8 Å². The lowest BCUT2D eigenvalue weighted by atomic mass is 10.0. The van der Waals surface area contributed by atoms with Crippen molar-refractivity contribution in [3.05, 3.63) is 0 Å². The predicted octanol–water partition coefficient (Wildman–Crippen LogP) is 0.770. The normalized spacial score (nSPS) is 31.1. The molecule has 2 rings (SSSR count). The van der Waals surface area contributed by atoms with Crippen LogP contribution in [0, 0.1) is 5.41 Å². The van der Waals surface area contributed by atoms with Crippen molar-refractivity contribution >= 4 is 5.91 Å². The summed E-state index contributed by atoms with van der Waals surface area (Å²) >= 11 is 0. The summed E-state index contributed by atoms with van der Waals surface area (Å²) in [6, 6.07) is 0. The Morgan fingerprint density at radius 3 is 2.69 bits per heavy atom. The Morgan fingerprint density at radius 1 is 1.62 bits per heavy atom. The molecule has 3 heteroatoms. The highest BCUT2D eigenvalue weighted by Crippen LogP contribution is 2.49. The van der Waals surface area contributed by atoms with E-state index in [1.54, 1.807) is 0 Å². The van der Waals surface area contributed by atoms with Gasteiger partial charge in [0.25, 0.3) is 0 Å². The first-order chi connectivity index (χ1) is 6.15. The Kier molecular flexibility index (Phi) is 2.06. The molecule has 74 valence electrons. The van der Waals surface area contributed by atoms with E-state index in [-0.39, 0.29) is 5.91 Å². The maximum atomic E-state index is 11.4. The molecule has 13 heavy (non-hydrogen) atoms. The van der Waals surface area contributed by atoms with E-state index in [2.05, 4.69) is 6.92 Å². The fourth-order valence-electron chi connectivity index (χ4n) is 2.11. The van der Waals surface area contributed by atoms with Crippen LogP contribution in [-0.2, 0) is 4.79 Å². The van der Waals surface area contributed by atoms with Crippen LogP contribution in [0.2, 0.25) is 0 Å². The number of β-amino-alcohol motifs (C(OH)–C–C–N with tert-alkyl or cyclic N) is 1. The molecule has 0 aromatic heterocycles. The van der Waals surface area contributed by atoms with Crippen molar-refractivity contribution in [2.75, 3.05) is 13.1 Å². The quantitative estimate of drug-likeness (QED) is 0.702. The molecular formula is C10H17NO2. The molecule has 1 atom stereocenters. The Labute approximate surface area is 78.7 Å². The SMILES string of the molecule is CCC1(CN2CC(O)CC2=O)CC1. The van der Waals surface area contributed by atoms with Crippen LogP contribution in [0.25, 0.3) is 0 Å². The van der Waals surface area contributed by atoms with Gasteiger partial charge >= 0.3 is 0 Å². The minimum atomic E-state index is -0.417. The highest BCUT2D eigenvalue weighted by atomic mass is 16.3. The average Bonchev–Trinajstić information content (AvgIpc) is 2.77. The fourth-order valence-corrected chi connectivity index (χ4v) is 2.11. The van der Waals surface area contributed by atoms with Gasteiger partial charge in [-0.25, -0.2) is 0 Å². The molecule has 3 nitrogen and oxygen atoms in total. The molecule has 1 saturated carbocycles. The number of carbonyl (C=O) groups excluding carboxylic acids is 1. The van der Waals surface area contributed by atoms with E-state index >= 15 is 0 Å². The summed E-state index contributed by atoms with van der Waals surface area (Å²) in [5.41, 5.74) is 0.416. The number of likely N-dealkylation sites (tertiary alicyclic amines) is 1. The van der Waals surface area contributed by atoms with Crippen LogP contribution in [0.1, 0.15) is 32.6 Å². The highest BCUT2D eigenvalue weighted by molar-refractivity contribution is 5.79. The van der Waals surface area contributed by atoms with Gasteiger partial charge in [-0.3, -0.25) is 4.79 Å². The predicted molar refractivity (Wildman–Crippen MR) is 49.2 cm³/mol. The molecule has 1 saturated heterocycles. The first-order valence-electron chi connectivity index (χ1n) is 5.11. The Bertz CT molecular complexity index is 223. The van der Waals surface area contributed by atoms with Gasteiger partial charge in [0.2, 0.25) is 5.91 Å². The minimum absolute atomic E-state index is 0.132. The van der Waals surface area contributed by atoms with Crippen molar-refractivity contribution < 1.29 is 9.90 Å². The summed E-state index contributed by atoms with van der Waals surface area (Å²) in [4.78, 5) is 13.2. The van der Waals surface area contributed by atoms with Gasteiger partial charge in [0, 0.05) is 13.1 Å². The van der Waals surface area contributed by atoms with Crippen LogP contribution in [0.3, 0.4) is 0 Å². The number of carbonyl (C=O) groups is 1.